The van der Waals surface area contributed by atoms with Crippen molar-refractivity contribution >= 4 is 40.8 Å². The lowest BCUT2D eigenvalue weighted by Crippen LogP contribution is -2.47. The molecule has 0 fully saturated rings. The maximum Gasteiger partial charge on any atom is 0.416 e. The Kier molecular flexibility index (Phi) is 8.81. The molecule has 15 heteroatoms. The van der Waals surface area contributed by atoms with E-state index < -0.39 is 48.0 Å². The molecule has 0 spiro atoms. The number of halogens is 3. The molecule has 232 valence electrons. The molecule has 3 aromatic carbocycles. The highest BCUT2D eigenvalue weighted by Crippen LogP contribution is 2.33. The SMILES string of the molecule is COc1ccc(NC(=O)C(c2csnn2)N(Cc2ccc(C(F)(F)F)cc2)C(=O)CN2C(=O)c3ccccc3C2=O)c(OC)c1. The minimum absolute atomic E-state index is 0.0487. The number of anilines is 1. The summed E-state index contributed by atoms with van der Waals surface area (Å²) in [5, 5.41) is 8.14. The number of nitrogens with one attached hydrogen (secondary N) is 1. The zero-order chi connectivity index (χ0) is 32.3. The summed E-state index contributed by atoms with van der Waals surface area (Å²) < 4.78 is 54.1. The first-order valence-electron chi connectivity index (χ1n) is 13.2. The monoisotopic (exact) mass is 639 g/mol. The number of alkyl halides is 3. The summed E-state index contributed by atoms with van der Waals surface area (Å²) in [4.78, 5) is 55.9. The third-order valence-electron chi connectivity index (χ3n) is 7.01. The average molecular weight is 640 g/mol. The largest absolute Gasteiger partial charge is 0.497 e. The van der Waals surface area contributed by atoms with Crippen LogP contribution in [0.1, 0.15) is 43.6 Å². The topological polar surface area (TPSA) is 131 Å². The molecule has 4 aromatic rings. The van der Waals surface area contributed by atoms with Gasteiger partial charge in [0, 0.05) is 18.0 Å². The lowest BCUT2D eigenvalue weighted by atomic mass is 10.1. The molecule has 4 amide bonds. The lowest BCUT2D eigenvalue weighted by molar-refractivity contribution is -0.140. The van der Waals surface area contributed by atoms with Crippen molar-refractivity contribution in [2.24, 2.45) is 0 Å². The molecule has 0 aliphatic carbocycles. The molecule has 0 saturated heterocycles. The van der Waals surface area contributed by atoms with Gasteiger partial charge in [-0.25, -0.2) is 0 Å². The number of hydrogen-bond acceptors (Lipinski definition) is 9. The minimum Gasteiger partial charge on any atom is -0.497 e. The number of carbonyl (C=O) groups is 4. The number of methoxy groups -OCH3 is 2. The quantitative estimate of drug-likeness (QED) is 0.250. The second kappa shape index (κ2) is 12.7. The van der Waals surface area contributed by atoms with Crippen molar-refractivity contribution in [3.05, 3.63) is 100 Å². The van der Waals surface area contributed by atoms with Crippen molar-refractivity contribution in [3.63, 3.8) is 0 Å². The molecule has 0 saturated carbocycles. The summed E-state index contributed by atoms with van der Waals surface area (Å²) in [7, 11) is 2.84. The van der Waals surface area contributed by atoms with Crippen LogP contribution in [0.3, 0.4) is 0 Å². The summed E-state index contributed by atoms with van der Waals surface area (Å²) in [6, 6.07) is 13.3. The van der Waals surface area contributed by atoms with E-state index in [2.05, 4.69) is 14.9 Å². The van der Waals surface area contributed by atoms with Gasteiger partial charge in [0.05, 0.1) is 36.6 Å². The predicted molar refractivity (Wildman–Crippen MR) is 155 cm³/mol. The number of nitrogens with zero attached hydrogens (tertiary/aromatic N) is 4. The van der Waals surface area contributed by atoms with Crippen molar-refractivity contribution in [3.8, 4) is 11.5 Å². The Balaban J connectivity index is 1.52. The summed E-state index contributed by atoms with van der Waals surface area (Å²) in [5.74, 6) is -2.32. The summed E-state index contributed by atoms with van der Waals surface area (Å²) in [6.07, 6.45) is -4.59. The number of ether oxygens (including phenoxy) is 2. The van der Waals surface area contributed by atoms with Crippen molar-refractivity contribution in [2.75, 3.05) is 26.1 Å². The molecule has 11 nitrogen and oxygen atoms in total. The third-order valence-corrected chi connectivity index (χ3v) is 7.53. The maximum atomic E-state index is 14.0. The third kappa shape index (κ3) is 6.47. The van der Waals surface area contributed by atoms with Crippen LogP contribution in [-0.2, 0) is 22.3 Å². The fourth-order valence-corrected chi connectivity index (χ4v) is 5.23. The number of carbonyl (C=O) groups excluding carboxylic acids is 4. The Morgan fingerprint density at radius 3 is 2.20 bits per heavy atom. The molecule has 45 heavy (non-hydrogen) atoms. The van der Waals surface area contributed by atoms with Crippen molar-refractivity contribution in [1.82, 2.24) is 19.4 Å². The number of fused-ring (bicyclic) bond motifs is 1. The van der Waals surface area contributed by atoms with Crippen LogP contribution < -0.4 is 14.8 Å². The van der Waals surface area contributed by atoms with E-state index in [4.69, 9.17) is 9.47 Å². The number of aromatic nitrogens is 2. The fraction of sp³-hybridized carbons (Fsp3) is 0.200. The average Bonchev–Trinajstić information content (AvgIpc) is 3.64. The first-order chi connectivity index (χ1) is 21.5. The zero-order valence-corrected chi connectivity index (χ0v) is 24.5. The molecule has 0 radical (unpaired) electrons. The van der Waals surface area contributed by atoms with Crippen molar-refractivity contribution < 1.29 is 41.8 Å². The standard InChI is InChI=1S/C30H24F3N5O6S/c1-43-19-11-12-22(24(13-19)44-2)34-27(40)26(23-16-45-36-35-23)37(14-17-7-9-18(10-8-17)30(31,32)33)25(39)15-38-28(41)20-5-3-4-6-21(20)29(38)42/h3-13,16,26H,14-15H2,1-2H3,(H,34,40). The van der Waals surface area contributed by atoms with Crippen molar-refractivity contribution in [1.29, 1.82) is 0 Å². The van der Waals surface area contributed by atoms with E-state index in [-0.39, 0.29) is 40.4 Å². The van der Waals surface area contributed by atoms with Crippen LogP contribution in [0.5, 0.6) is 11.5 Å². The predicted octanol–water partition coefficient (Wildman–Crippen LogP) is 4.58. The Bertz CT molecular complexity index is 1710. The van der Waals surface area contributed by atoms with Crippen LogP contribution in [0, 0.1) is 0 Å². The Morgan fingerprint density at radius 1 is 0.978 bits per heavy atom. The van der Waals surface area contributed by atoms with Gasteiger partial charge < -0.3 is 19.7 Å². The highest BCUT2D eigenvalue weighted by molar-refractivity contribution is 7.03. The van der Waals surface area contributed by atoms with E-state index in [1.807, 2.05) is 0 Å². The van der Waals surface area contributed by atoms with Gasteiger partial charge in [-0.05, 0) is 53.5 Å². The summed E-state index contributed by atoms with van der Waals surface area (Å²) in [5.41, 5.74) is -0.156. The van der Waals surface area contributed by atoms with Crippen LogP contribution in [-0.4, -0.2) is 63.8 Å². The lowest BCUT2D eigenvalue weighted by Gasteiger charge is -2.31. The van der Waals surface area contributed by atoms with Gasteiger partial charge in [-0.3, -0.25) is 24.1 Å². The van der Waals surface area contributed by atoms with Crippen LogP contribution in [0.15, 0.2) is 72.1 Å². The van der Waals surface area contributed by atoms with Gasteiger partial charge in [0.25, 0.3) is 17.7 Å². The van der Waals surface area contributed by atoms with Gasteiger partial charge in [0.15, 0.2) is 6.04 Å². The first kappa shape index (κ1) is 31.1. The Labute approximate surface area is 258 Å². The Hall–Kier alpha value is -5.31. The van der Waals surface area contributed by atoms with Gasteiger partial charge in [0.2, 0.25) is 5.91 Å². The maximum absolute atomic E-state index is 14.0. The fourth-order valence-electron chi connectivity index (χ4n) is 4.76. The number of imide groups is 1. The molecule has 1 N–H and O–H groups in total. The van der Waals surface area contributed by atoms with Crippen LogP contribution in [0.25, 0.3) is 0 Å². The normalized spacial score (nSPS) is 13.3. The van der Waals surface area contributed by atoms with E-state index in [0.717, 1.165) is 33.5 Å². The highest BCUT2D eigenvalue weighted by atomic mass is 32.1. The van der Waals surface area contributed by atoms with Gasteiger partial charge in [-0.15, -0.1) is 5.10 Å². The molecular weight excluding hydrogens is 615 g/mol. The van der Waals surface area contributed by atoms with Crippen LogP contribution >= 0.6 is 11.5 Å². The second-order valence-electron chi connectivity index (χ2n) is 9.75. The molecule has 2 heterocycles. The molecule has 0 bridgehead atoms. The molecule has 1 aromatic heterocycles. The Morgan fingerprint density at radius 2 is 1.64 bits per heavy atom. The summed E-state index contributed by atoms with van der Waals surface area (Å²) >= 11 is 0.906. The molecule has 1 aliphatic rings. The number of rotatable bonds is 10. The highest BCUT2D eigenvalue weighted by Gasteiger charge is 2.40. The molecule has 1 atom stereocenters. The van der Waals surface area contributed by atoms with Gasteiger partial charge in [0.1, 0.15) is 23.7 Å². The van der Waals surface area contributed by atoms with Crippen LogP contribution in [0.2, 0.25) is 0 Å². The molecule has 1 unspecified atom stereocenters. The number of hydrogen-bond donors (Lipinski definition) is 1. The van der Waals surface area contributed by atoms with Gasteiger partial charge >= 0.3 is 6.18 Å². The summed E-state index contributed by atoms with van der Waals surface area (Å²) in [6.45, 7) is -1.13. The van der Waals surface area contributed by atoms with Crippen molar-refractivity contribution in [2.45, 2.75) is 18.8 Å². The van der Waals surface area contributed by atoms with E-state index in [0.29, 0.717) is 5.75 Å². The van der Waals surface area contributed by atoms with E-state index in [9.17, 15) is 32.3 Å². The molecule has 5 rings (SSSR count). The van der Waals surface area contributed by atoms with E-state index >= 15 is 0 Å². The van der Waals surface area contributed by atoms with Gasteiger partial charge in [-0.1, -0.05) is 28.8 Å². The van der Waals surface area contributed by atoms with E-state index in [1.165, 1.54) is 56.0 Å². The zero-order valence-electron chi connectivity index (χ0n) is 23.7. The first-order valence-corrected chi connectivity index (χ1v) is 14.1. The second-order valence-corrected chi connectivity index (χ2v) is 10.4. The smallest absolute Gasteiger partial charge is 0.416 e. The number of benzene rings is 3. The molecular formula is C30H24F3N5O6S. The minimum atomic E-state index is -4.59. The van der Waals surface area contributed by atoms with E-state index in [1.54, 1.807) is 18.2 Å². The number of amides is 4. The van der Waals surface area contributed by atoms with Gasteiger partial charge in [-0.2, -0.15) is 13.2 Å². The molecule has 1 aliphatic heterocycles. The van der Waals surface area contributed by atoms with Crippen LogP contribution in [0.4, 0.5) is 18.9 Å².